The van der Waals surface area contributed by atoms with E-state index in [0.29, 0.717) is 19.6 Å². The number of benzene rings is 1. The number of nitrogens with one attached hydrogen (secondary N) is 1. The van der Waals surface area contributed by atoms with E-state index < -0.39 is 0 Å². The van der Waals surface area contributed by atoms with E-state index in [0.717, 1.165) is 31.2 Å². The molecule has 1 aliphatic carbocycles. The molecule has 1 N–H and O–H groups in total. The highest BCUT2D eigenvalue weighted by molar-refractivity contribution is 5.79. The van der Waals surface area contributed by atoms with Crippen LogP contribution in [0.25, 0.3) is 0 Å². The Bertz CT molecular complexity index is 588. The summed E-state index contributed by atoms with van der Waals surface area (Å²) in [7, 11) is 0. The maximum absolute atomic E-state index is 13.0. The molecule has 5 heteroatoms. The fourth-order valence-electron chi connectivity index (χ4n) is 3.38. The molecule has 0 radical (unpaired) electrons. The Morgan fingerprint density at radius 1 is 1.22 bits per heavy atom. The summed E-state index contributed by atoms with van der Waals surface area (Å²) < 4.78 is 13.0. The molecule has 0 aromatic heterocycles. The second kappa shape index (κ2) is 6.30. The summed E-state index contributed by atoms with van der Waals surface area (Å²) in [4.78, 5) is 25.5. The normalized spacial score (nSPS) is 20.2. The smallest absolute Gasteiger partial charge is 0.223 e. The van der Waals surface area contributed by atoms with Gasteiger partial charge in [0.1, 0.15) is 5.82 Å². The highest BCUT2D eigenvalue weighted by Crippen LogP contribution is 2.47. The first-order chi connectivity index (χ1) is 11.0. The van der Waals surface area contributed by atoms with Crippen LogP contribution in [0.15, 0.2) is 24.3 Å². The Morgan fingerprint density at radius 2 is 1.83 bits per heavy atom. The number of carbonyl (C=O) groups excluding carboxylic acids is 2. The van der Waals surface area contributed by atoms with Crippen LogP contribution in [0.4, 0.5) is 4.39 Å². The van der Waals surface area contributed by atoms with Gasteiger partial charge in [-0.1, -0.05) is 12.1 Å². The Morgan fingerprint density at radius 3 is 2.35 bits per heavy atom. The van der Waals surface area contributed by atoms with Gasteiger partial charge in [0.05, 0.1) is 0 Å². The van der Waals surface area contributed by atoms with Crippen molar-refractivity contribution in [3.05, 3.63) is 35.6 Å². The van der Waals surface area contributed by atoms with Gasteiger partial charge in [-0.3, -0.25) is 9.59 Å². The molecule has 2 amide bonds. The largest absolute Gasteiger partial charge is 0.355 e. The molecular formula is C18H23FN2O2. The van der Waals surface area contributed by atoms with Gasteiger partial charge < -0.3 is 10.2 Å². The van der Waals surface area contributed by atoms with Crippen LogP contribution in [0.5, 0.6) is 0 Å². The van der Waals surface area contributed by atoms with Crippen LogP contribution in [-0.2, 0) is 15.0 Å². The van der Waals surface area contributed by atoms with E-state index in [2.05, 4.69) is 5.32 Å². The summed E-state index contributed by atoms with van der Waals surface area (Å²) in [6.45, 7) is 3.51. The first kappa shape index (κ1) is 16.0. The minimum Gasteiger partial charge on any atom is -0.355 e. The van der Waals surface area contributed by atoms with E-state index in [4.69, 9.17) is 0 Å². The molecule has 1 saturated carbocycles. The lowest BCUT2D eigenvalue weighted by atomic mass is 9.93. The third kappa shape index (κ3) is 3.54. The van der Waals surface area contributed by atoms with Gasteiger partial charge in [-0.2, -0.15) is 0 Å². The predicted molar refractivity (Wildman–Crippen MR) is 85.3 cm³/mol. The number of amides is 2. The summed E-state index contributed by atoms with van der Waals surface area (Å²) in [5.41, 5.74) is 1.09. The molecule has 2 fully saturated rings. The van der Waals surface area contributed by atoms with Crippen molar-refractivity contribution in [2.45, 2.75) is 38.0 Å². The van der Waals surface area contributed by atoms with Gasteiger partial charge in [-0.05, 0) is 43.4 Å². The first-order valence-electron chi connectivity index (χ1n) is 8.29. The van der Waals surface area contributed by atoms with Crippen LogP contribution in [0.2, 0.25) is 0 Å². The van der Waals surface area contributed by atoms with Crippen LogP contribution in [0, 0.1) is 11.7 Å². The average Bonchev–Trinajstić information content (AvgIpc) is 3.34. The second-order valence-corrected chi connectivity index (χ2v) is 6.79. The van der Waals surface area contributed by atoms with Crippen molar-refractivity contribution in [3.8, 4) is 0 Å². The molecule has 23 heavy (non-hydrogen) atoms. The Labute approximate surface area is 136 Å². The van der Waals surface area contributed by atoms with E-state index in [-0.39, 0.29) is 29.0 Å². The van der Waals surface area contributed by atoms with Crippen molar-refractivity contribution >= 4 is 11.8 Å². The molecular weight excluding hydrogens is 295 g/mol. The Hall–Kier alpha value is -1.91. The van der Waals surface area contributed by atoms with E-state index >= 15 is 0 Å². The summed E-state index contributed by atoms with van der Waals surface area (Å²) in [5.74, 6) is -0.0703. The number of hydrogen-bond acceptors (Lipinski definition) is 2. The van der Waals surface area contributed by atoms with Crippen LogP contribution in [-0.4, -0.2) is 36.3 Å². The number of piperidine rings is 1. The molecule has 1 aromatic carbocycles. The third-order valence-electron chi connectivity index (χ3n) is 5.22. The standard InChI is InChI=1S/C18H23FN2O2/c1-13(22)21-10-6-14(7-11-21)17(23)20-12-18(8-9-18)15-2-4-16(19)5-3-15/h2-5,14H,6-12H2,1H3,(H,20,23). The van der Waals surface area contributed by atoms with Crippen molar-refractivity contribution in [1.82, 2.24) is 10.2 Å². The lowest BCUT2D eigenvalue weighted by molar-refractivity contribution is -0.133. The van der Waals surface area contributed by atoms with Crippen molar-refractivity contribution in [3.63, 3.8) is 0 Å². The number of nitrogens with zero attached hydrogens (tertiary/aromatic N) is 1. The van der Waals surface area contributed by atoms with Crippen LogP contribution in [0.3, 0.4) is 0 Å². The van der Waals surface area contributed by atoms with Crippen molar-refractivity contribution in [1.29, 1.82) is 0 Å². The van der Waals surface area contributed by atoms with Crippen LogP contribution < -0.4 is 5.32 Å². The molecule has 124 valence electrons. The molecule has 0 unspecified atom stereocenters. The maximum atomic E-state index is 13.0. The number of carbonyl (C=O) groups is 2. The molecule has 0 bridgehead atoms. The number of rotatable bonds is 4. The molecule has 0 atom stereocenters. The van der Waals surface area contributed by atoms with Gasteiger partial charge in [0.25, 0.3) is 0 Å². The molecule has 1 aromatic rings. The van der Waals surface area contributed by atoms with E-state index in [1.165, 1.54) is 12.1 Å². The van der Waals surface area contributed by atoms with Crippen molar-refractivity contribution in [2.75, 3.05) is 19.6 Å². The number of halogens is 1. The fourth-order valence-corrected chi connectivity index (χ4v) is 3.38. The van der Waals surface area contributed by atoms with Gasteiger partial charge in [0.15, 0.2) is 0 Å². The Kier molecular flexibility index (Phi) is 4.37. The summed E-state index contributed by atoms with van der Waals surface area (Å²) in [6, 6.07) is 6.60. The zero-order chi connectivity index (χ0) is 16.4. The van der Waals surface area contributed by atoms with Gasteiger partial charge in [0.2, 0.25) is 11.8 Å². The minimum atomic E-state index is -0.231. The molecule has 1 aliphatic heterocycles. The first-order valence-corrected chi connectivity index (χ1v) is 8.29. The Balaban J connectivity index is 1.51. The van der Waals surface area contributed by atoms with Crippen LogP contribution in [0.1, 0.15) is 38.2 Å². The average molecular weight is 318 g/mol. The van der Waals surface area contributed by atoms with E-state index in [9.17, 15) is 14.0 Å². The van der Waals surface area contributed by atoms with E-state index in [1.54, 1.807) is 11.8 Å². The molecule has 4 nitrogen and oxygen atoms in total. The highest BCUT2D eigenvalue weighted by atomic mass is 19.1. The lowest BCUT2D eigenvalue weighted by Gasteiger charge is -2.31. The lowest BCUT2D eigenvalue weighted by Crippen LogP contribution is -2.43. The highest BCUT2D eigenvalue weighted by Gasteiger charge is 2.44. The SMILES string of the molecule is CC(=O)N1CCC(C(=O)NCC2(c3ccc(F)cc3)CC2)CC1. The van der Waals surface area contributed by atoms with Crippen molar-refractivity contribution in [2.24, 2.45) is 5.92 Å². The summed E-state index contributed by atoms with van der Waals surface area (Å²) >= 11 is 0. The molecule has 1 saturated heterocycles. The quantitative estimate of drug-likeness (QED) is 0.925. The van der Waals surface area contributed by atoms with Gasteiger partial charge >= 0.3 is 0 Å². The zero-order valence-corrected chi connectivity index (χ0v) is 13.5. The summed E-state index contributed by atoms with van der Waals surface area (Å²) in [6.07, 6.45) is 3.52. The summed E-state index contributed by atoms with van der Waals surface area (Å²) in [5, 5.41) is 3.08. The molecule has 0 spiro atoms. The third-order valence-corrected chi connectivity index (χ3v) is 5.22. The molecule has 3 rings (SSSR count). The monoisotopic (exact) mass is 318 g/mol. The van der Waals surface area contributed by atoms with Crippen molar-refractivity contribution < 1.29 is 14.0 Å². The topological polar surface area (TPSA) is 49.4 Å². The molecule has 1 heterocycles. The fraction of sp³-hybridized carbons (Fsp3) is 0.556. The minimum absolute atomic E-state index is 0.00498. The van der Waals surface area contributed by atoms with Crippen LogP contribution >= 0.6 is 0 Å². The van der Waals surface area contributed by atoms with Gasteiger partial charge in [0, 0.05) is 37.9 Å². The van der Waals surface area contributed by atoms with Gasteiger partial charge in [-0.25, -0.2) is 4.39 Å². The predicted octanol–water partition coefficient (Wildman–Crippen LogP) is 2.23. The van der Waals surface area contributed by atoms with E-state index in [1.807, 2.05) is 12.1 Å². The molecule has 2 aliphatic rings. The number of likely N-dealkylation sites (tertiary alicyclic amines) is 1. The maximum Gasteiger partial charge on any atom is 0.223 e. The number of hydrogen-bond donors (Lipinski definition) is 1. The zero-order valence-electron chi connectivity index (χ0n) is 13.5. The van der Waals surface area contributed by atoms with Gasteiger partial charge in [-0.15, -0.1) is 0 Å². The second-order valence-electron chi connectivity index (χ2n) is 6.79.